The molecule has 4 rings (SSSR count). The number of aromatic nitrogens is 2. The van der Waals surface area contributed by atoms with Crippen LogP contribution < -0.4 is 27.4 Å². The molecule has 1 aliphatic rings. The van der Waals surface area contributed by atoms with Gasteiger partial charge in [-0.05, 0) is 23.6 Å². The van der Waals surface area contributed by atoms with Gasteiger partial charge in [0.25, 0.3) is 0 Å². The summed E-state index contributed by atoms with van der Waals surface area (Å²) in [5.74, 6) is -1.42. The van der Waals surface area contributed by atoms with Crippen molar-refractivity contribution in [1.82, 2.24) is 25.5 Å². The van der Waals surface area contributed by atoms with Gasteiger partial charge in [0.1, 0.15) is 48.5 Å². The molecule has 2 amide bonds. The zero-order valence-corrected chi connectivity index (χ0v) is 24.8. The van der Waals surface area contributed by atoms with Crippen molar-refractivity contribution in [3.05, 3.63) is 94.5 Å². The Bertz CT molecular complexity index is 1510. The number of aliphatic hydroxyl groups is 4. The maximum Gasteiger partial charge on any atom is 0.350 e. The van der Waals surface area contributed by atoms with E-state index < -0.39 is 72.9 Å². The number of nitrogen functional groups attached to an aromatic ring is 1. The number of nitrogens with zero attached hydrogens (tertiary/aromatic N) is 2. The van der Waals surface area contributed by atoms with E-state index in [0.717, 1.165) is 10.1 Å². The van der Waals surface area contributed by atoms with E-state index in [-0.39, 0.29) is 25.2 Å². The fraction of sp³-hybridized carbons (Fsp3) is 0.387. The molecule has 0 bridgehead atoms. The van der Waals surface area contributed by atoms with Crippen molar-refractivity contribution < 1.29 is 39.5 Å². The second-order valence-corrected chi connectivity index (χ2v) is 10.9. The zero-order valence-electron chi connectivity index (χ0n) is 24.8. The monoisotopic (exact) mass is 638 g/mol. The van der Waals surface area contributed by atoms with Gasteiger partial charge in [-0.25, -0.2) is 4.79 Å². The van der Waals surface area contributed by atoms with E-state index in [1.54, 1.807) is 54.6 Å². The molecular weight excluding hydrogens is 600 g/mol. The quantitative estimate of drug-likeness (QED) is 0.0849. The number of carbonyl (C=O) groups is 3. The summed E-state index contributed by atoms with van der Waals surface area (Å²) >= 11 is 0. The topological polar surface area (TPSA) is 238 Å². The van der Waals surface area contributed by atoms with Crippen molar-refractivity contribution >= 4 is 23.9 Å². The number of amides is 2. The Balaban J connectivity index is 1.56. The number of hydrogen-bond donors (Lipinski definition) is 8. The molecule has 2 heterocycles. The molecule has 15 nitrogen and oxygen atoms in total. The van der Waals surface area contributed by atoms with Crippen molar-refractivity contribution in [2.75, 3.05) is 18.9 Å². The van der Waals surface area contributed by atoms with E-state index in [1.165, 1.54) is 12.3 Å². The van der Waals surface area contributed by atoms with Crippen LogP contribution in [-0.4, -0.2) is 104 Å². The van der Waals surface area contributed by atoms with Gasteiger partial charge in [-0.1, -0.05) is 60.7 Å². The minimum absolute atomic E-state index is 0.00882. The van der Waals surface area contributed by atoms with Crippen LogP contribution in [0, 0.1) is 0 Å². The number of aldehydes is 1. The Kier molecular flexibility index (Phi) is 12.1. The molecule has 9 N–H and O–H groups in total. The fourth-order valence-corrected chi connectivity index (χ4v) is 5.11. The standard InChI is InChI=1S/C31H38N6O9/c32-24-11-12-37(31(45)35-24)20(16-38)15-33-21(13-18-7-3-1-4-8-18)28(42)34-22(14-19-9-5-2-6-10-19)29(43)36-25-27(41)26(40)23(17-39)46-30(25)44/h1-12,16,20-23,25-27,30,33,39-41,44H,13-15,17H2,(H,34,42)(H,36,43)(H2,32,35,45)/t20?,21?,22-,23?,25?,26?,27+,30+/m0/s1. The molecule has 2 aromatic carbocycles. The van der Waals surface area contributed by atoms with Crippen LogP contribution in [0.1, 0.15) is 17.2 Å². The molecule has 0 spiro atoms. The molecule has 46 heavy (non-hydrogen) atoms. The number of anilines is 1. The lowest BCUT2D eigenvalue weighted by molar-refractivity contribution is -0.254. The predicted octanol–water partition coefficient (Wildman–Crippen LogP) is -2.59. The van der Waals surface area contributed by atoms with Gasteiger partial charge in [0, 0.05) is 19.2 Å². The lowest BCUT2D eigenvalue weighted by atomic mass is 9.96. The van der Waals surface area contributed by atoms with Crippen molar-refractivity contribution in [2.24, 2.45) is 0 Å². The van der Waals surface area contributed by atoms with Gasteiger partial charge in [0.2, 0.25) is 11.8 Å². The summed E-state index contributed by atoms with van der Waals surface area (Å²) in [6.07, 6.45) is -4.28. The number of nitrogens with one attached hydrogen (secondary N) is 3. The molecule has 5 unspecified atom stereocenters. The second kappa shape index (κ2) is 16.2. The first-order valence-electron chi connectivity index (χ1n) is 14.6. The summed E-state index contributed by atoms with van der Waals surface area (Å²) in [5, 5.41) is 48.8. The summed E-state index contributed by atoms with van der Waals surface area (Å²) in [4.78, 5) is 55.4. The molecule has 15 heteroatoms. The molecule has 8 atom stereocenters. The van der Waals surface area contributed by atoms with E-state index in [4.69, 9.17) is 10.5 Å². The van der Waals surface area contributed by atoms with Crippen LogP contribution in [0.25, 0.3) is 0 Å². The average Bonchev–Trinajstić information content (AvgIpc) is 3.05. The van der Waals surface area contributed by atoms with Crippen molar-refractivity contribution in [3.8, 4) is 0 Å². The number of aliphatic hydroxyl groups excluding tert-OH is 4. The lowest BCUT2D eigenvalue weighted by Gasteiger charge is -2.40. The Morgan fingerprint density at radius 3 is 2.11 bits per heavy atom. The van der Waals surface area contributed by atoms with E-state index in [0.29, 0.717) is 11.8 Å². The molecule has 3 aromatic rings. The molecule has 0 radical (unpaired) electrons. The van der Waals surface area contributed by atoms with E-state index in [9.17, 15) is 39.6 Å². The highest BCUT2D eigenvalue weighted by Gasteiger charge is 2.45. The normalized spacial score (nSPS) is 23.1. The minimum atomic E-state index is -1.76. The number of rotatable bonds is 14. The first-order chi connectivity index (χ1) is 22.1. The summed E-state index contributed by atoms with van der Waals surface area (Å²) < 4.78 is 6.23. The van der Waals surface area contributed by atoms with Crippen LogP contribution in [-0.2, 0) is 32.0 Å². The number of benzene rings is 2. The number of hydrogen-bond acceptors (Lipinski definition) is 12. The van der Waals surface area contributed by atoms with Crippen LogP contribution >= 0.6 is 0 Å². The zero-order chi connectivity index (χ0) is 33.2. The van der Waals surface area contributed by atoms with Gasteiger partial charge in [-0.2, -0.15) is 4.98 Å². The van der Waals surface area contributed by atoms with Gasteiger partial charge >= 0.3 is 5.69 Å². The van der Waals surface area contributed by atoms with Crippen molar-refractivity contribution in [1.29, 1.82) is 0 Å². The van der Waals surface area contributed by atoms with Crippen LogP contribution in [0.2, 0.25) is 0 Å². The molecule has 1 saturated heterocycles. The minimum Gasteiger partial charge on any atom is -0.394 e. The van der Waals surface area contributed by atoms with Crippen LogP contribution in [0.4, 0.5) is 5.82 Å². The number of ether oxygens (including phenoxy) is 1. The Morgan fingerprint density at radius 2 is 1.54 bits per heavy atom. The molecule has 0 aliphatic carbocycles. The highest BCUT2D eigenvalue weighted by Crippen LogP contribution is 2.20. The van der Waals surface area contributed by atoms with Gasteiger partial charge in [0.15, 0.2) is 6.29 Å². The third-order valence-corrected chi connectivity index (χ3v) is 7.66. The smallest absolute Gasteiger partial charge is 0.350 e. The molecule has 1 aromatic heterocycles. The average molecular weight is 639 g/mol. The SMILES string of the molecule is Nc1ccn(C(C=O)CNC(Cc2ccccc2)C(=O)N[C@@H](Cc2ccccc2)C(=O)NC2[C@@H](O)C(O)C(CO)O[C@H]2O)c(=O)n1. The second-order valence-electron chi connectivity index (χ2n) is 10.9. The van der Waals surface area contributed by atoms with Crippen molar-refractivity contribution in [3.63, 3.8) is 0 Å². The van der Waals surface area contributed by atoms with Crippen LogP contribution in [0.3, 0.4) is 0 Å². The maximum atomic E-state index is 13.8. The third kappa shape index (κ3) is 8.81. The summed E-state index contributed by atoms with van der Waals surface area (Å²) in [6, 6.07) is 14.5. The molecule has 1 fully saturated rings. The molecular formula is C31H38N6O9. The summed E-state index contributed by atoms with van der Waals surface area (Å²) in [6.45, 7) is -0.815. The van der Waals surface area contributed by atoms with Gasteiger partial charge in [0.05, 0.1) is 12.6 Å². The molecule has 0 saturated carbocycles. The highest BCUT2D eigenvalue weighted by atomic mass is 16.6. The fourth-order valence-electron chi connectivity index (χ4n) is 5.11. The van der Waals surface area contributed by atoms with E-state index >= 15 is 0 Å². The van der Waals surface area contributed by atoms with Crippen molar-refractivity contribution in [2.45, 2.75) is 61.6 Å². The predicted molar refractivity (Wildman–Crippen MR) is 164 cm³/mol. The van der Waals surface area contributed by atoms with E-state index in [2.05, 4.69) is 20.9 Å². The summed E-state index contributed by atoms with van der Waals surface area (Å²) in [7, 11) is 0. The Labute approximate surface area is 264 Å². The largest absolute Gasteiger partial charge is 0.394 e. The lowest BCUT2D eigenvalue weighted by Crippen LogP contribution is -2.66. The van der Waals surface area contributed by atoms with Crippen LogP contribution in [0.5, 0.6) is 0 Å². The Morgan fingerprint density at radius 1 is 0.935 bits per heavy atom. The summed E-state index contributed by atoms with van der Waals surface area (Å²) in [5.41, 5.74) is 6.28. The molecule has 1 aliphatic heterocycles. The van der Waals surface area contributed by atoms with E-state index in [1.807, 2.05) is 6.07 Å². The highest BCUT2D eigenvalue weighted by molar-refractivity contribution is 5.90. The third-order valence-electron chi connectivity index (χ3n) is 7.66. The van der Waals surface area contributed by atoms with Gasteiger partial charge in [-0.3, -0.25) is 14.2 Å². The Hall–Kier alpha value is -4.51. The number of carbonyl (C=O) groups excluding carboxylic acids is 3. The molecule has 246 valence electrons. The number of nitrogens with two attached hydrogens (primary N) is 1. The first kappa shape index (κ1) is 34.4. The van der Waals surface area contributed by atoms with Crippen LogP contribution in [0.15, 0.2) is 77.7 Å². The van der Waals surface area contributed by atoms with Gasteiger partial charge in [-0.15, -0.1) is 0 Å². The maximum absolute atomic E-state index is 13.8. The van der Waals surface area contributed by atoms with Gasteiger partial charge < -0.3 is 51.6 Å². The first-order valence-corrected chi connectivity index (χ1v) is 14.6.